The van der Waals surface area contributed by atoms with Crippen molar-refractivity contribution in [2.75, 3.05) is 12.8 Å². The lowest BCUT2D eigenvalue weighted by Gasteiger charge is -2.08. The number of methoxy groups -OCH3 is 1. The van der Waals surface area contributed by atoms with Crippen LogP contribution in [0.3, 0.4) is 0 Å². The van der Waals surface area contributed by atoms with Crippen LogP contribution in [0.25, 0.3) is 0 Å². The van der Waals surface area contributed by atoms with Crippen LogP contribution in [0.4, 0.5) is 5.69 Å². The highest BCUT2D eigenvalue weighted by molar-refractivity contribution is 7.90. The van der Waals surface area contributed by atoms with Crippen molar-refractivity contribution >= 4 is 15.5 Å². The molecule has 0 aliphatic rings. The standard InChI is InChI=1S/C15H17NO3S/c1-11-4-3-5-13(8-11)20(17,18)10-12-6-7-15(19-2)14(16)9-12/h3-9H,10,16H2,1-2H3. The van der Waals surface area contributed by atoms with Gasteiger partial charge in [0.25, 0.3) is 0 Å². The zero-order valence-corrected chi connectivity index (χ0v) is 12.3. The highest BCUT2D eigenvalue weighted by Crippen LogP contribution is 2.24. The minimum atomic E-state index is -3.37. The van der Waals surface area contributed by atoms with E-state index in [4.69, 9.17) is 10.5 Å². The molecular weight excluding hydrogens is 274 g/mol. The van der Waals surface area contributed by atoms with Gasteiger partial charge in [0.15, 0.2) is 9.84 Å². The van der Waals surface area contributed by atoms with Gasteiger partial charge in [-0.15, -0.1) is 0 Å². The third kappa shape index (κ3) is 3.11. The Morgan fingerprint density at radius 3 is 2.50 bits per heavy atom. The second-order valence-corrected chi connectivity index (χ2v) is 6.64. The molecule has 0 heterocycles. The topological polar surface area (TPSA) is 69.4 Å². The van der Waals surface area contributed by atoms with E-state index in [2.05, 4.69) is 0 Å². The minimum absolute atomic E-state index is 0.0787. The molecule has 2 N–H and O–H groups in total. The van der Waals surface area contributed by atoms with Gasteiger partial charge in [-0.25, -0.2) is 8.42 Å². The van der Waals surface area contributed by atoms with Crippen LogP contribution in [0.15, 0.2) is 47.4 Å². The summed E-state index contributed by atoms with van der Waals surface area (Å²) in [7, 11) is -1.85. The average Bonchev–Trinajstić information content (AvgIpc) is 2.38. The molecule has 4 nitrogen and oxygen atoms in total. The summed E-state index contributed by atoms with van der Waals surface area (Å²) in [6, 6.07) is 11.9. The lowest BCUT2D eigenvalue weighted by Crippen LogP contribution is -2.06. The largest absolute Gasteiger partial charge is 0.495 e. The number of aryl methyl sites for hydroxylation is 1. The number of benzene rings is 2. The first-order chi connectivity index (χ1) is 9.42. The lowest BCUT2D eigenvalue weighted by molar-refractivity contribution is 0.417. The fourth-order valence-electron chi connectivity index (χ4n) is 1.99. The number of hydrogen-bond acceptors (Lipinski definition) is 4. The van der Waals surface area contributed by atoms with Crippen molar-refractivity contribution in [1.29, 1.82) is 0 Å². The van der Waals surface area contributed by atoms with E-state index < -0.39 is 9.84 Å². The van der Waals surface area contributed by atoms with Crippen LogP contribution in [-0.4, -0.2) is 15.5 Å². The molecule has 2 aromatic carbocycles. The van der Waals surface area contributed by atoms with E-state index in [9.17, 15) is 8.42 Å². The Morgan fingerprint density at radius 1 is 1.15 bits per heavy atom. The molecule has 0 amide bonds. The Hall–Kier alpha value is -2.01. The molecule has 0 saturated heterocycles. The van der Waals surface area contributed by atoms with Crippen molar-refractivity contribution in [3.8, 4) is 5.75 Å². The molecule has 0 radical (unpaired) electrons. The van der Waals surface area contributed by atoms with E-state index >= 15 is 0 Å². The summed E-state index contributed by atoms with van der Waals surface area (Å²) < 4.78 is 29.8. The number of sulfone groups is 1. The number of anilines is 1. The van der Waals surface area contributed by atoms with Gasteiger partial charge in [-0.05, 0) is 42.3 Å². The number of nitrogen functional groups attached to an aromatic ring is 1. The molecule has 0 bridgehead atoms. The molecule has 2 rings (SSSR count). The van der Waals surface area contributed by atoms with Gasteiger partial charge in [-0.1, -0.05) is 18.2 Å². The molecule has 106 valence electrons. The van der Waals surface area contributed by atoms with Gasteiger partial charge in [0.2, 0.25) is 0 Å². The molecule has 0 aliphatic heterocycles. The second-order valence-electron chi connectivity index (χ2n) is 4.65. The van der Waals surface area contributed by atoms with Gasteiger partial charge < -0.3 is 10.5 Å². The van der Waals surface area contributed by atoms with Gasteiger partial charge in [0.05, 0.1) is 23.4 Å². The predicted molar refractivity (Wildman–Crippen MR) is 79.5 cm³/mol. The van der Waals surface area contributed by atoms with Gasteiger partial charge in [-0.2, -0.15) is 0 Å². The van der Waals surface area contributed by atoms with Gasteiger partial charge in [0, 0.05) is 0 Å². The van der Waals surface area contributed by atoms with Crippen molar-refractivity contribution < 1.29 is 13.2 Å². The number of rotatable bonds is 4. The summed E-state index contributed by atoms with van der Waals surface area (Å²) in [5, 5.41) is 0. The van der Waals surface area contributed by atoms with Crippen LogP contribution < -0.4 is 10.5 Å². The Bertz CT molecular complexity index is 724. The summed E-state index contributed by atoms with van der Waals surface area (Å²) in [6.45, 7) is 1.87. The smallest absolute Gasteiger partial charge is 0.182 e. The molecule has 0 spiro atoms. The molecule has 0 saturated carbocycles. The van der Waals surface area contributed by atoms with E-state index in [-0.39, 0.29) is 5.75 Å². The molecule has 0 fully saturated rings. The summed E-state index contributed by atoms with van der Waals surface area (Å²) in [5.41, 5.74) is 7.79. The summed E-state index contributed by atoms with van der Waals surface area (Å²) in [4.78, 5) is 0.326. The third-order valence-corrected chi connectivity index (χ3v) is 4.68. The first-order valence-electron chi connectivity index (χ1n) is 6.14. The predicted octanol–water partition coefficient (Wildman–Crippen LogP) is 2.56. The van der Waals surface area contributed by atoms with Gasteiger partial charge in [0.1, 0.15) is 5.75 Å². The quantitative estimate of drug-likeness (QED) is 0.879. The van der Waals surface area contributed by atoms with Crippen LogP contribution >= 0.6 is 0 Å². The van der Waals surface area contributed by atoms with Crippen molar-refractivity contribution in [2.45, 2.75) is 17.6 Å². The van der Waals surface area contributed by atoms with E-state index in [1.54, 1.807) is 36.4 Å². The summed E-state index contributed by atoms with van der Waals surface area (Å²) in [5.74, 6) is 0.465. The molecule has 2 aromatic rings. The maximum absolute atomic E-state index is 12.3. The molecule has 20 heavy (non-hydrogen) atoms. The van der Waals surface area contributed by atoms with Crippen molar-refractivity contribution in [1.82, 2.24) is 0 Å². The number of ether oxygens (including phenoxy) is 1. The zero-order valence-electron chi connectivity index (χ0n) is 11.5. The minimum Gasteiger partial charge on any atom is -0.495 e. The monoisotopic (exact) mass is 291 g/mol. The van der Waals surface area contributed by atoms with Crippen LogP contribution in [0.1, 0.15) is 11.1 Å². The normalized spacial score (nSPS) is 11.3. The molecule has 5 heteroatoms. The fraction of sp³-hybridized carbons (Fsp3) is 0.200. The van der Waals surface area contributed by atoms with E-state index in [0.717, 1.165) is 5.56 Å². The van der Waals surface area contributed by atoms with E-state index in [1.807, 2.05) is 13.0 Å². The molecule has 0 atom stereocenters. The molecule has 0 aliphatic carbocycles. The van der Waals surface area contributed by atoms with Gasteiger partial charge in [-0.3, -0.25) is 0 Å². The fourth-order valence-corrected chi connectivity index (χ4v) is 3.42. The Labute approximate surface area is 119 Å². The second kappa shape index (κ2) is 5.54. The molecule has 0 aromatic heterocycles. The number of hydrogen-bond donors (Lipinski definition) is 1. The van der Waals surface area contributed by atoms with Gasteiger partial charge >= 0.3 is 0 Å². The van der Waals surface area contributed by atoms with Crippen molar-refractivity contribution in [3.63, 3.8) is 0 Å². The maximum atomic E-state index is 12.3. The first-order valence-corrected chi connectivity index (χ1v) is 7.79. The van der Waals surface area contributed by atoms with Crippen LogP contribution in [-0.2, 0) is 15.6 Å². The van der Waals surface area contributed by atoms with Crippen LogP contribution in [0.2, 0.25) is 0 Å². The molecule has 0 unspecified atom stereocenters. The van der Waals surface area contributed by atoms with E-state index in [0.29, 0.717) is 21.9 Å². The lowest BCUT2D eigenvalue weighted by atomic mass is 10.2. The highest BCUT2D eigenvalue weighted by atomic mass is 32.2. The average molecular weight is 291 g/mol. The van der Waals surface area contributed by atoms with E-state index in [1.165, 1.54) is 7.11 Å². The molecular formula is C15H17NO3S. The van der Waals surface area contributed by atoms with Crippen molar-refractivity contribution in [3.05, 3.63) is 53.6 Å². The Morgan fingerprint density at radius 2 is 1.90 bits per heavy atom. The highest BCUT2D eigenvalue weighted by Gasteiger charge is 2.16. The first kappa shape index (κ1) is 14.4. The van der Waals surface area contributed by atoms with Crippen molar-refractivity contribution in [2.24, 2.45) is 0 Å². The summed E-state index contributed by atoms with van der Waals surface area (Å²) in [6.07, 6.45) is 0. The third-order valence-electron chi connectivity index (χ3n) is 3.00. The van der Waals surface area contributed by atoms with Crippen LogP contribution in [0.5, 0.6) is 5.75 Å². The zero-order chi connectivity index (χ0) is 14.8. The summed E-state index contributed by atoms with van der Waals surface area (Å²) >= 11 is 0. The van der Waals surface area contributed by atoms with Crippen LogP contribution in [0, 0.1) is 6.92 Å². The maximum Gasteiger partial charge on any atom is 0.182 e. The number of nitrogens with two attached hydrogens (primary N) is 1. The SMILES string of the molecule is COc1ccc(CS(=O)(=O)c2cccc(C)c2)cc1N. The Balaban J connectivity index is 2.31. The Kier molecular flexibility index (Phi) is 3.99.